The predicted octanol–water partition coefficient (Wildman–Crippen LogP) is 6.98. The zero-order valence-electron chi connectivity index (χ0n) is 20.9. The highest BCUT2D eigenvalue weighted by atomic mass is 32.2. The molecule has 0 bridgehead atoms. The van der Waals surface area contributed by atoms with Gasteiger partial charge in [0.25, 0.3) is 11.8 Å². The van der Waals surface area contributed by atoms with Crippen molar-refractivity contribution in [2.45, 2.75) is 57.0 Å². The first-order chi connectivity index (χ1) is 17.5. The molecule has 1 N–H and O–H groups in total. The number of rotatable bonds is 5. The van der Waals surface area contributed by atoms with E-state index in [1.165, 1.54) is 36.6 Å². The molecule has 0 saturated heterocycles. The third kappa shape index (κ3) is 5.41. The maximum absolute atomic E-state index is 13.6. The number of nitrogens with one attached hydrogen (secondary N) is 1. The van der Waals surface area contributed by atoms with Gasteiger partial charge in [-0.3, -0.25) is 9.59 Å². The van der Waals surface area contributed by atoms with Gasteiger partial charge >= 0.3 is 0 Å². The van der Waals surface area contributed by atoms with Crippen molar-refractivity contribution in [3.05, 3.63) is 100.0 Å². The lowest BCUT2D eigenvalue weighted by Gasteiger charge is -2.30. The summed E-state index contributed by atoms with van der Waals surface area (Å²) in [7, 11) is 0. The average molecular weight is 497 g/mol. The van der Waals surface area contributed by atoms with Gasteiger partial charge in [0.15, 0.2) is 0 Å². The average Bonchev–Trinajstić information content (AvgIpc) is 2.88. The first-order valence-electron chi connectivity index (χ1n) is 12.7. The van der Waals surface area contributed by atoms with E-state index in [0.717, 1.165) is 28.1 Å². The van der Waals surface area contributed by atoms with Crippen molar-refractivity contribution in [2.24, 2.45) is 5.92 Å². The number of carbonyl (C=O) groups excluding carboxylic acids is 2. The van der Waals surface area contributed by atoms with Crippen LogP contribution in [-0.4, -0.2) is 17.9 Å². The summed E-state index contributed by atoms with van der Waals surface area (Å²) in [5, 5.41) is 3.22. The normalized spacial score (nSPS) is 20.8. The molecule has 0 aromatic heterocycles. The number of thioether (sulfide) groups is 1. The number of benzene rings is 3. The van der Waals surface area contributed by atoms with Crippen LogP contribution in [0.1, 0.15) is 59.7 Å². The molecule has 2 aliphatic rings. The summed E-state index contributed by atoms with van der Waals surface area (Å²) in [5.74, 6) is 0.495. The number of amides is 2. The molecule has 184 valence electrons. The highest BCUT2D eigenvalue weighted by Gasteiger charge is 2.29. The van der Waals surface area contributed by atoms with Crippen molar-refractivity contribution >= 4 is 35.3 Å². The Labute approximate surface area is 217 Å². The molecule has 1 aliphatic heterocycles. The number of carbonyl (C=O) groups is 2. The second-order valence-corrected chi connectivity index (χ2v) is 11.0. The van der Waals surface area contributed by atoms with Crippen LogP contribution in [0.4, 0.5) is 5.69 Å². The number of fused-ring (bicyclic) bond motifs is 1. The minimum atomic E-state index is -0.0191. The van der Waals surface area contributed by atoms with E-state index in [1.54, 1.807) is 0 Å². The van der Waals surface area contributed by atoms with Crippen LogP contribution in [0.3, 0.4) is 0 Å². The summed E-state index contributed by atoms with van der Waals surface area (Å²) in [6.07, 6.45) is 6.58. The van der Waals surface area contributed by atoms with Gasteiger partial charge < -0.3 is 10.2 Å². The fourth-order valence-corrected chi connectivity index (χ4v) is 6.14. The van der Waals surface area contributed by atoms with Gasteiger partial charge in [-0.05, 0) is 67.2 Å². The number of nitrogens with zero attached hydrogens (tertiary/aromatic N) is 1. The molecule has 5 heteroatoms. The summed E-state index contributed by atoms with van der Waals surface area (Å²) in [5.41, 5.74) is 4.78. The zero-order valence-corrected chi connectivity index (χ0v) is 21.7. The molecule has 1 fully saturated rings. The van der Waals surface area contributed by atoms with E-state index in [2.05, 4.69) is 43.4 Å². The molecule has 4 nitrogen and oxygen atoms in total. The number of hydrogen-bond donors (Lipinski definition) is 1. The Balaban J connectivity index is 1.35. The van der Waals surface area contributed by atoms with Crippen molar-refractivity contribution in [1.29, 1.82) is 0 Å². The molecule has 3 aromatic rings. The Bertz CT molecular complexity index is 1300. The molecule has 0 unspecified atom stereocenters. The number of para-hydroxylation sites is 1. The van der Waals surface area contributed by atoms with Gasteiger partial charge in [-0.25, -0.2) is 0 Å². The SMILES string of the molecule is Cc1cccc(CN2C(=O)/C(=C\c3ccc(C(=O)N[C@H]4CCCC[C@H]4C)cc3)Sc3ccccc32)c1. The van der Waals surface area contributed by atoms with Crippen molar-refractivity contribution in [2.75, 3.05) is 4.90 Å². The standard InChI is InChI=1S/C31H32N2O2S/c1-21-8-7-10-24(18-21)20-33-27-12-5-6-13-28(27)36-29(31(33)35)19-23-14-16-25(17-15-23)30(34)32-26-11-4-3-9-22(26)2/h5-8,10,12-19,22,26H,3-4,9,11,20H2,1-2H3,(H,32,34)/b29-19+/t22-,26+/m1/s1. The molecule has 1 saturated carbocycles. The fourth-order valence-electron chi connectivity index (χ4n) is 5.08. The third-order valence-corrected chi connectivity index (χ3v) is 8.23. The lowest BCUT2D eigenvalue weighted by Crippen LogP contribution is -2.41. The van der Waals surface area contributed by atoms with Crippen molar-refractivity contribution in [3.63, 3.8) is 0 Å². The predicted molar refractivity (Wildman–Crippen MR) is 148 cm³/mol. The van der Waals surface area contributed by atoms with Gasteiger partial charge in [0.2, 0.25) is 0 Å². The Morgan fingerprint density at radius 3 is 2.58 bits per heavy atom. The number of anilines is 1. The van der Waals surface area contributed by atoms with Crippen LogP contribution in [0.15, 0.2) is 82.6 Å². The monoisotopic (exact) mass is 496 g/mol. The summed E-state index contributed by atoms with van der Waals surface area (Å²) in [4.78, 5) is 30.0. The Kier molecular flexibility index (Phi) is 7.28. The molecule has 0 radical (unpaired) electrons. The molecular weight excluding hydrogens is 464 g/mol. The van der Waals surface area contributed by atoms with Crippen LogP contribution >= 0.6 is 11.8 Å². The second kappa shape index (κ2) is 10.8. The van der Waals surface area contributed by atoms with Crippen molar-refractivity contribution in [1.82, 2.24) is 5.32 Å². The Morgan fingerprint density at radius 2 is 1.81 bits per heavy atom. The van der Waals surface area contributed by atoms with Crippen molar-refractivity contribution < 1.29 is 9.59 Å². The summed E-state index contributed by atoms with van der Waals surface area (Å²) in [6, 6.07) is 24.1. The molecule has 5 rings (SSSR count). The van der Waals surface area contributed by atoms with Crippen molar-refractivity contribution in [3.8, 4) is 0 Å². The van der Waals surface area contributed by atoms with E-state index in [-0.39, 0.29) is 17.9 Å². The van der Waals surface area contributed by atoms with E-state index in [9.17, 15) is 9.59 Å². The van der Waals surface area contributed by atoms with Crippen LogP contribution in [0.2, 0.25) is 0 Å². The molecule has 0 spiro atoms. The van der Waals surface area contributed by atoms with Gasteiger partial charge in [0.05, 0.1) is 17.1 Å². The molecule has 2 amide bonds. The Morgan fingerprint density at radius 1 is 1.03 bits per heavy atom. The van der Waals surface area contributed by atoms with E-state index in [4.69, 9.17) is 0 Å². The topological polar surface area (TPSA) is 49.4 Å². The van der Waals surface area contributed by atoms with E-state index < -0.39 is 0 Å². The molecule has 2 atom stereocenters. The van der Waals surface area contributed by atoms with Crippen LogP contribution in [0.5, 0.6) is 0 Å². The summed E-state index contributed by atoms with van der Waals surface area (Å²) >= 11 is 1.50. The largest absolute Gasteiger partial charge is 0.349 e. The number of aryl methyl sites for hydroxylation is 1. The van der Waals surface area contributed by atoms with Gasteiger partial charge in [-0.1, -0.05) is 85.6 Å². The summed E-state index contributed by atoms with van der Waals surface area (Å²) in [6.45, 7) is 4.81. The lowest BCUT2D eigenvalue weighted by molar-refractivity contribution is -0.114. The van der Waals surface area contributed by atoms with Crippen LogP contribution in [0.25, 0.3) is 6.08 Å². The third-order valence-electron chi connectivity index (χ3n) is 7.15. The molecule has 1 aliphatic carbocycles. The van der Waals surface area contributed by atoms with Gasteiger partial charge in [-0.15, -0.1) is 0 Å². The summed E-state index contributed by atoms with van der Waals surface area (Å²) < 4.78 is 0. The maximum atomic E-state index is 13.6. The molecule has 3 aromatic carbocycles. The van der Waals surface area contributed by atoms with E-state index >= 15 is 0 Å². The first-order valence-corrected chi connectivity index (χ1v) is 13.6. The minimum absolute atomic E-state index is 0.00619. The quantitative estimate of drug-likeness (QED) is 0.388. The highest BCUT2D eigenvalue weighted by Crippen LogP contribution is 2.42. The smallest absolute Gasteiger partial charge is 0.265 e. The fraction of sp³-hybridized carbons (Fsp3) is 0.290. The van der Waals surface area contributed by atoms with Gasteiger partial charge in [0, 0.05) is 16.5 Å². The maximum Gasteiger partial charge on any atom is 0.265 e. The lowest BCUT2D eigenvalue weighted by atomic mass is 9.86. The zero-order chi connectivity index (χ0) is 25.1. The second-order valence-electron chi connectivity index (χ2n) is 9.92. The van der Waals surface area contributed by atoms with Crippen LogP contribution in [-0.2, 0) is 11.3 Å². The molecule has 1 heterocycles. The van der Waals surface area contributed by atoms with Gasteiger partial charge in [0.1, 0.15) is 0 Å². The minimum Gasteiger partial charge on any atom is -0.349 e. The molecule has 36 heavy (non-hydrogen) atoms. The first kappa shape index (κ1) is 24.4. The molecular formula is C31H32N2O2S. The van der Waals surface area contributed by atoms with E-state index in [0.29, 0.717) is 22.9 Å². The Hall–Kier alpha value is -3.31. The van der Waals surface area contributed by atoms with Crippen LogP contribution in [0, 0.1) is 12.8 Å². The van der Waals surface area contributed by atoms with E-state index in [1.807, 2.05) is 59.5 Å². The highest BCUT2D eigenvalue weighted by molar-refractivity contribution is 8.04. The van der Waals surface area contributed by atoms with Crippen LogP contribution < -0.4 is 10.2 Å². The van der Waals surface area contributed by atoms with Gasteiger partial charge in [-0.2, -0.15) is 0 Å². The number of hydrogen-bond acceptors (Lipinski definition) is 3.